The summed E-state index contributed by atoms with van der Waals surface area (Å²) in [5, 5.41) is 12.9. The van der Waals surface area contributed by atoms with Crippen LogP contribution in [-0.4, -0.2) is 35.5 Å². The van der Waals surface area contributed by atoms with Crippen LogP contribution in [0.4, 0.5) is 0 Å². The number of hydrogen-bond donors (Lipinski definition) is 2. The monoisotopic (exact) mass is 435 g/mol. The number of likely N-dealkylation sites (N-methyl/N-ethyl adjacent to an activating group) is 1. The number of quaternary nitrogens is 1. The molecule has 182 valence electrons. The van der Waals surface area contributed by atoms with Crippen LogP contribution in [0, 0.1) is 0 Å². The fourth-order valence-corrected chi connectivity index (χ4v) is 4.91. The number of unbranched alkanes of at least 4 members (excludes halogenated alkanes) is 15. The lowest BCUT2D eigenvalue weighted by atomic mass is 10.1. The van der Waals surface area contributed by atoms with Crippen molar-refractivity contribution in [2.75, 3.05) is 19.7 Å². The Balaban J connectivity index is 1.84. The molecule has 0 amide bonds. The molecular formula is C28H55N2O+. The van der Waals surface area contributed by atoms with Crippen LogP contribution in [0.25, 0.3) is 0 Å². The molecule has 2 N–H and O–H groups in total. The summed E-state index contributed by atoms with van der Waals surface area (Å²) in [7, 11) is 0. The minimum atomic E-state index is 0.269. The molecule has 3 heteroatoms. The number of allylic oxidation sites excluding steroid dienone is 2. The van der Waals surface area contributed by atoms with Gasteiger partial charge in [-0.05, 0) is 39.0 Å². The second kappa shape index (κ2) is 19.9. The molecule has 0 aromatic rings. The third kappa shape index (κ3) is 13.4. The maximum Gasteiger partial charge on any atom is 0.166 e. The van der Waals surface area contributed by atoms with Crippen molar-refractivity contribution in [3.05, 3.63) is 24.6 Å². The molecule has 3 nitrogen and oxygen atoms in total. The molecule has 0 aromatic heterocycles. The quantitative estimate of drug-likeness (QED) is 0.103. The van der Waals surface area contributed by atoms with E-state index in [4.69, 9.17) is 0 Å². The molecule has 0 radical (unpaired) electrons. The fraction of sp³-hybridized carbons (Fsp3) is 0.857. The van der Waals surface area contributed by atoms with Gasteiger partial charge in [-0.3, -0.25) is 4.48 Å². The van der Waals surface area contributed by atoms with Crippen molar-refractivity contribution >= 4 is 0 Å². The summed E-state index contributed by atoms with van der Waals surface area (Å²) in [4.78, 5) is 0. The maximum atomic E-state index is 9.39. The highest BCUT2D eigenvalue weighted by Crippen LogP contribution is 2.23. The van der Waals surface area contributed by atoms with Gasteiger partial charge in [-0.2, -0.15) is 0 Å². The Bertz CT molecular complexity index is 448. The van der Waals surface area contributed by atoms with Gasteiger partial charge in [-0.15, -0.1) is 0 Å². The molecule has 0 fully saturated rings. The average Bonchev–Trinajstić information content (AvgIpc) is 3.18. The highest BCUT2D eigenvalue weighted by Gasteiger charge is 2.35. The molecule has 1 aliphatic rings. The Morgan fingerprint density at radius 2 is 1.26 bits per heavy atom. The van der Waals surface area contributed by atoms with Crippen molar-refractivity contribution in [2.45, 2.75) is 136 Å². The Hall–Kier alpha value is -0.800. The first-order valence-corrected chi connectivity index (χ1v) is 13.8. The van der Waals surface area contributed by atoms with Crippen molar-refractivity contribution < 1.29 is 9.59 Å². The number of aliphatic hydroxyl groups excluding tert-OH is 1. The van der Waals surface area contributed by atoms with E-state index in [1.54, 1.807) is 0 Å². The van der Waals surface area contributed by atoms with E-state index >= 15 is 0 Å². The smallest absolute Gasteiger partial charge is 0.166 e. The van der Waals surface area contributed by atoms with E-state index in [9.17, 15) is 5.11 Å². The molecule has 0 aromatic carbocycles. The van der Waals surface area contributed by atoms with Crippen molar-refractivity contribution in [2.24, 2.45) is 0 Å². The SMILES string of the molecule is CCCCCCCCCC/C=C/CCCCCCCCCC1NC=C[N+]1(CC)CCO. The second-order valence-corrected chi connectivity index (χ2v) is 9.65. The van der Waals surface area contributed by atoms with E-state index in [2.05, 4.69) is 43.7 Å². The van der Waals surface area contributed by atoms with E-state index < -0.39 is 0 Å². The summed E-state index contributed by atoms with van der Waals surface area (Å²) in [6.07, 6.45) is 34.3. The molecule has 2 unspecified atom stereocenters. The Morgan fingerprint density at radius 3 is 1.77 bits per heavy atom. The normalized spacial score (nSPS) is 20.7. The van der Waals surface area contributed by atoms with E-state index in [0.717, 1.165) is 17.6 Å². The van der Waals surface area contributed by atoms with Gasteiger partial charge in [0, 0.05) is 6.42 Å². The molecule has 2 atom stereocenters. The van der Waals surface area contributed by atoms with Crippen LogP contribution < -0.4 is 5.32 Å². The summed E-state index contributed by atoms with van der Waals surface area (Å²) in [5.41, 5.74) is 0. The number of hydrogen-bond acceptors (Lipinski definition) is 2. The van der Waals surface area contributed by atoms with Gasteiger partial charge in [0.1, 0.15) is 12.7 Å². The zero-order valence-electron chi connectivity index (χ0n) is 21.1. The van der Waals surface area contributed by atoms with Crippen LogP contribution >= 0.6 is 0 Å². The van der Waals surface area contributed by atoms with Crippen molar-refractivity contribution in [1.29, 1.82) is 0 Å². The average molecular weight is 436 g/mol. The van der Waals surface area contributed by atoms with Gasteiger partial charge in [0.2, 0.25) is 0 Å². The topological polar surface area (TPSA) is 32.3 Å². The van der Waals surface area contributed by atoms with Crippen LogP contribution in [-0.2, 0) is 0 Å². The highest BCUT2D eigenvalue weighted by molar-refractivity contribution is 4.84. The predicted molar refractivity (Wildman–Crippen MR) is 137 cm³/mol. The minimum absolute atomic E-state index is 0.269. The lowest BCUT2D eigenvalue weighted by Gasteiger charge is -2.36. The molecule has 1 rings (SSSR count). The van der Waals surface area contributed by atoms with Crippen molar-refractivity contribution in [1.82, 2.24) is 5.32 Å². The summed E-state index contributed by atoms with van der Waals surface area (Å²) in [5.74, 6) is 0. The van der Waals surface area contributed by atoms with Crippen molar-refractivity contribution in [3.8, 4) is 0 Å². The van der Waals surface area contributed by atoms with Crippen LogP contribution in [0.1, 0.15) is 129 Å². The van der Waals surface area contributed by atoms with Gasteiger partial charge in [-0.25, -0.2) is 0 Å². The van der Waals surface area contributed by atoms with Crippen LogP contribution in [0.5, 0.6) is 0 Å². The summed E-state index contributed by atoms with van der Waals surface area (Å²) >= 11 is 0. The largest absolute Gasteiger partial charge is 0.390 e. The van der Waals surface area contributed by atoms with E-state index in [1.807, 2.05) is 0 Å². The molecule has 0 aliphatic carbocycles. The Morgan fingerprint density at radius 1 is 0.742 bits per heavy atom. The van der Waals surface area contributed by atoms with Crippen LogP contribution in [0.2, 0.25) is 0 Å². The lowest BCUT2D eigenvalue weighted by Crippen LogP contribution is -2.54. The molecular weight excluding hydrogens is 380 g/mol. The molecule has 0 saturated heterocycles. The zero-order chi connectivity index (χ0) is 22.5. The van der Waals surface area contributed by atoms with Gasteiger partial charge in [-0.1, -0.05) is 96.1 Å². The van der Waals surface area contributed by atoms with Crippen LogP contribution in [0.3, 0.4) is 0 Å². The first-order valence-electron chi connectivity index (χ1n) is 13.8. The first kappa shape index (κ1) is 28.2. The minimum Gasteiger partial charge on any atom is -0.390 e. The maximum absolute atomic E-state index is 9.39. The predicted octanol–water partition coefficient (Wildman–Crippen LogP) is 7.81. The molecule has 1 aliphatic heterocycles. The number of nitrogens with zero attached hydrogens (tertiary/aromatic N) is 1. The highest BCUT2D eigenvalue weighted by atomic mass is 16.3. The zero-order valence-corrected chi connectivity index (χ0v) is 21.1. The number of aliphatic hydroxyl groups is 1. The van der Waals surface area contributed by atoms with Crippen LogP contribution in [0.15, 0.2) is 24.6 Å². The molecule has 31 heavy (non-hydrogen) atoms. The van der Waals surface area contributed by atoms with E-state index in [-0.39, 0.29) is 6.61 Å². The standard InChI is InChI=1S/C28H55N2O/c1-3-5-6-7-8-9-10-11-12-13-14-15-16-17-18-19-20-21-22-23-28-29-24-25-30(28,4-2)26-27-31/h13-14,24-25,28-29,31H,3-12,15-23,26-27H2,1-2H3/q+1/b14-13+. The summed E-state index contributed by atoms with van der Waals surface area (Å²) in [6.45, 7) is 6.68. The number of rotatable bonds is 22. The molecule has 0 spiro atoms. The summed E-state index contributed by atoms with van der Waals surface area (Å²) < 4.78 is 0.906. The Labute approximate surface area is 195 Å². The molecule has 0 saturated carbocycles. The van der Waals surface area contributed by atoms with E-state index in [1.165, 1.54) is 116 Å². The number of nitrogens with one attached hydrogen (secondary N) is 1. The van der Waals surface area contributed by atoms with E-state index in [0.29, 0.717) is 6.17 Å². The van der Waals surface area contributed by atoms with Gasteiger partial charge < -0.3 is 10.4 Å². The van der Waals surface area contributed by atoms with Gasteiger partial charge in [0.05, 0.1) is 19.4 Å². The first-order chi connectivity index (χ1) is 15.3. The fourth-order valence-electron chi connectivity index (χ4n) is 4.91. The second-order valence-electron chi connectivity index (χ2n) is 9.65. The van der Waals surface area contributed by atoms with Gasteiger partial charge in [0.15, 0.2) is 6.17 Å². The van der Waals surface area contributed by atoms with Crippen molar-refractivity contribution in [3.63, 3.8) is 0 Å². The van der Waals surface area contributed by atoms with Gasteiger partial charge in [0.25, 0.3) is 0 Å². The third-order valence-corrected chi connectivity index (χ3v) is 7.13. The third-order valence-electron chi connectivity index (χ3n) is 7.13. The van der Waals surface area contributed by atoms with Gasteiger partial charge >= 0.3 is 0 Å². The molecule has 0 bridgehead atoms. The summed E-state index contributed by atoms with van der Waals surface area (Å²) in [6, 6.07) is 0. The Kier molecular flexibility index (Phi) is 18.1. The molecule has 1 heterocycles. The lowest BCUT2D eigenvalue weighted by molar-refractivity contribution is -0.900.